The molecule has 2 aromatic rings. The van der Waals surface area contributed by atoms with Crippen molar-refractivity contribution in [1.82, 2.24) is 0 Å². The van der Waals surface area contributed by atoms with Crippen LogP contribution in [0.15, 0.2) is 36.4 Å². The third-order valence-corrected chi connectivity index (χ3v) is 3.06. The minimum absolute atomic E-state index is 0.0629. The quantitative estimate of drug-likeness (QED) is 0.666. The first-order valence-corrected chi connectivity index (χ1v) is 6.26. The van der Waals surface area contributed by atoms with Gasteiger partial charge in [-0.15, -0.1) is 0 Å². The Morgan fingerprint density at radius 3 is 2.47 bits per heavy atom. The number of nitrogen functional groups attached to an aromatic ring is 1. The minimum Gasteiger partial charge on any atom is -0.454 e. The SMILES string of the molecule is CC(=O)c1ccc(N)c(Oc2ccc(Cl)cc2Cl)c1. The van der Waals surface area contributed by atoms with Gasteiger partial charge in [-0.1, -0.05) is 23.2 Å². The Morgan fingerprint density at radius 2 is 1.84 bits per heavy atom. The van der Waals surface area contributed by atoms with E-state index in [2.05, 4.69) is 0 Å². The normalized spacial score (nSPS) is 10.3. The van der Waals surface area contributed by atoms with Crippen LogP contribution in [-0.2, 0) is 0 Å². The molecule has 19 heavy (non-hydrogen) atoms. The van der Waals surface area contributed by atoms with E-state index in [-0.39, 0.29) is 5.78 Å². The van der Waals surface area contributed by atoms with Crippen LogP contribution in [0.3, 0.4) is 0 Å². The van der Waals surface area contributed by atoms with Gasteiger partial charge in [-0.25, -0.2) is 0 Å². The molecule has 0 unspecified atom stereocenters. The van der Waals surface area contributed by atoms with Gasteiger partial charge in [-0.2, -0.15) is 0 Å². The lowest BCUT2D eigenvalue weighted by molar-refractivity contribution is 0.101. The van der Waals surface area contributed by atoms with Crippen molar-refractivity contribution in [2.75, 3.05) is 5.73 Å². The van der Waals surface area contributed by atoms with E-state index in [4.69, 9.17) is 33.7 Å². The average molecular weight is 296 g/mol. The number of rotatable bonds is 3. The molecule has 2 N–H and O–H groups in total. The van der Waals surface area contributed by atoms with Gasteiger partial charge in [0.1, 0.15) is 5.75 Å². The lowest BCUT2D eigenvalue weighted by Crippen LogP contribution is -1.97. The van der Waals surface area contributed by atoms with E-state index < -0.39 is 0 Å². The molecule has 0 bridgehead atoms. The summed E-state index contributed by atoms with van der Waals surface area (Å²) in [4.78, 5) is 11.3. The predicted octanol–water partition coefficient (Wildman–Crippen LogP) is 4.57. The Labute approximate surface area is 120 Å². The highest BCUT2D eigenvalue weighted by Gasteiger charge is 2.09. The van der Waals surface area contributed by atoms with E-state index in [1.165, 1.54) is 6.92 Å². The van der Waals surface area contributed by atoms with Crippen LogP contribution in [0.1, 0.15) is 17.3 Å². The van der Waals surface area contributed by atoms with Gasteiger partial charge in [0.05, 0.1) is 10.7 Å². The Balaban J connectivity index is 2.37. The maximum absolute atomic E-state index is 11.3. The third kappa shape index (κ3) is 3.19. The van der Waals surface area contributed by atoms with E-state index in [0.717, 1.165) is 0 Å². The molecule has 0 spiro atoms. The summed E-state index contributed by atoms with van der Waals surface area (Å²) in [6.07, 6.45) is 0. The fourth-order valence-corrected chi connectivity index (χ4v) is 1.97. The number of anilines is 1. The van der Waals surface area contributed by atoms with E-state index in [0.29, 0.717) is 32.8 Å². The van der Waals surface area contributed by atoms with Crippen molar-refractivity contribution in [2.45, 2.75) is 6.92 Å². The largest absolute Gasteiger partial charge is 0.454 e. The van der Waals surface area contributed by atoms with Gasteiger partial charge >= 0.3 is 0 Å². The maximum Gasteiger partial charge on any atom is 0.159 e. The van der Waals surface area contributed by atoms with Gasteiger partial charge in [-0.05, 0) is 43.3 Å². The molecule has 0 aromatic heterocycles. The highest BCUT2D eigenvalue weighted by atomic mass is 35.5. The van der Waals surface area contributed by atoms with Gasteiger partial charge < -0.3 is 10.5 Å². The van der Waals surface area contributed by atoms with Crippen molar-refractivity contribution in [3.63, 3.8) is 0 Å². The lowest BCUT2D eigenvalue weighted by atomic mass is 10.1. The van der Waals surface area contributed by atoms with Crippen LogP contribution in [0.4, 0.5) is 5.69 Å². The molecular weight excluding hydrogens is 285 g/mol. The van der Waals surface area contributed by atoms with Gasteiger partial charge in [0.2, 0.25) is 0 Å². The predicted molar refractivity (Wildman–Crippen MR) is 77.4 cm³/mol. The second-order valence-corrected chi connectivity index (χ2v) is 4.83. The van der Waals surface area contributed by atoms with Crippen LogP contribution in [-0.4, -0.2) is 5.78 Å². The van der Waals surface area contributed by atoms with Crippen LogP contribution in [0.2, 0.25) is 10.0 Å². The van der Waals surface area contributed by atoms with Gasteiger partial charge in [0.25, 0.3) is 0 Å². The summed E-state index contributed by atoms with van der Waals surface area (Å²) in [6, 6.07) is 9.73. The number of Topliss-reactive ketones (excluding diaryl/α,β-unsaturated/α-hetero) is 1. The van der Waals surface area contributed by atoms with E-state index in [1.54, 1.807) is 36.4 Å². The summed E-state index contributed by atoms with van der Waals surface area (Å²) in [5.41, 5.74) is 6.76. The molecule has 0 aliphatic heterocycles. The molecule has 2 rings (SSSR count). The first kappa shape index (κ1) is 13.7. The van der Waals surface area contributed by atoms with Crippen molar-refractivity contribution in [2.24, 2.45) is 0 Å². The number of ketones is 1. The topological polar surface area (TPSA) is 52.3 Å². The first-order chi connectivity index (χ1) is 8.97. The smallest absolute Gasteiger partial charge is 0.159 e. The van der Waals surface area contributed by atoms with E-state index in [9.17, 15) is 4.79 Å². The van der Waals surface area contributed by atoms with Gasteiger partial charge in [-0.3, -0.25) is 4.79 Å². The number of carbonyl (C=O) groups is 1. The summed E-state index contributed by atoms with van der Waals surface area (Å²) in [5.74, 6) is 0.752. The highest BCUT2D eigenvalue weighted by Crippen LogP contribution is 2.34. The van der Waals surface area contributed by atoms with Crippen molar-refractivity contribution in [3.8, 4) is 11.5 Å². The molecule has 0 amide bonds. The Hall–Kier alpha value is -1.71. The summed E-state index contributed by atoms with van der Waals surface area (Å²) < 4.78 is 5.62. The molecule has 2 aromatic carbocycles. The molecule has 0 aliphatic rings. The molecule has 0 aliphatic carbocycles. The Morgan fingerprint density at radius 1 is 1.11 bits per heavy atom. The lowest BCUT2D eigenvalue weighted by Gasteiger charge is -2.11. The maximum atomic E-state index is 11.3. The van der Waals surface area contributed by atoms with Crippen molar-refractivity contribution < 1.29 is 9.53 Å². The fourth-order valence-electron chi connectivity index (χ4n) is 1.52. The van der Waals surface area contributed by atoms with Crippen molar-refractivity contribution in [1.29, 1.82) is 0 Å². The molecule has 0 radical (unpaired) electrons. The number of hydrogen-bond donors (Lipinski definition) is 1. The zero-order chi connectivity index (χ0) is 14.0. The molecule has 0 saturated heterocycles. The van der Waals surface area contributed by atoms with Crippen LogP contribution >= 0.6 is 23.2 Å². The zero-order valence-corrected chi connectivity index (χ0v) is 11.6. The van der Waals surface area contributed by atoms with Gasteiger partial charge in [0, 0.05) is 10.6 Å². The second kappa shape index (κ2) is 5.51. The standard InChI is InChI=1S/C14H11Cl2NO2/c1-8(18)9-2-4-12(17)14(6-9)19-13-5-3-10(15)7-11(13)16/h2-7H,17H2,1H3. The fraction of sp³-hybridized carbons (Fsp3) is 0.0714. The average Bonchev–Trinajstić information content (AvgIpc) is 2.34. The summed E-state index contributed by atoms with van der Waals surface area (Å²) in [5, 5.41) is 0.892. The molecule has 5 heteroatoms. The number of halogens is 2. The summed E-state index contributed by atoms with van der Waals surface area (Å²) in [7, 11) is 0. The zero-order valence-electron chi connectivity index (χ0n) is 10.1. The number of carbonyl (C=O) groups excluding carboxylic acids is 1. The van der Waals surface area contributed by atoms with E-state index in [1.807, 2.05) is 0 Å². The molecule has 0 atom stereocenters. The third-order valence-electron chi connectivity index (χ3n) is 2.53. The Kier molecular flexibility index (Phi) is 3.98. The number of ether oxygens (including phenoxy) is 1. The number of nitrogens with two attached hydrogens (primary N) is 1. The highest BCUT2D eigenvalue weighted by molar-refractivity contribution is 6.35. The minimum atomic E-state index is -0.0629. The van der Waals surface area contributed by atoms with Crippen LogP contribution in [0.25, 0.3) is 0 Å². The number of benzene rings is 2. The first-order valence-electron chi connectivity index (χ1n) is 5.51. The molecular formula is C14H11Cl2NO2. The number of hydrogen-bond acceptors (Lipinski definition) is 3. The second-order valence-electron chi connectivity index (χ2n) is 3.99. The molecule has 0 fully saturated rings. The molecule has 3 nitrogen and oxygen atoms in total. The van der Waals surface area contributed by atoms with Crippen LogP contribution < -0.4 is 10.5 Å². The monoisotopic (exact) mass is 295 g/mol. The van der Waals surface area contributed by atoms with Crippen molar-refractivity contribution in [3.05, 3.63) is 52.0 Å². The van der Waals surface area contributed by atoms with Gasteiger partial charge in [0.15, 0.2) is 11.5 Å². The Bertz CT molecular complexity index is 641. The molecule has 98 valence electrons. The van der Waals surface area contributed by atoms with E-state index >= 15 is 0 Å². The summed E-state index contributed by atoms with van der Waals surface area (Å²) >= 11 is 11.8. The van der Waals surface area contributed by atoms with Crippen molar-refractivity contribution >= 4 is 34.7 Å². The van der Waals surface area contributed by atoms with Crippen LogP contribution in [0, 0.1) is 0 Å². The van der Waals surface area contributed by atoms with Crippen LogP contribution in [0.5, 0.6) is 11.5 Å². The summed E-state index contributed by atoms with van der Waals surface area (Å²) in [6.45, 7) is 1.48. The molecule has 0 heterocycles. The molecule has 0 saturated carbocycles.